The normalized spacial score (nSPS) is 10.6. The topological polar surface area (TPSA) is 54.4 Å². The SMILES string of the molecule is O=C(Cc1cccnc1)N/N=C/c1ccc(Cl)cc1. The Morgan fingerprint density at radius 2 is 2.11 bits per heavy atom. The lowest BCUT2D eigenvalue weighted by molar-refractivity contribution is -0.120. The number of pyridine rings is 1. The first-order chi connectivity index (χ1) is 9.24. The number of halogens is 1. The number of nitrogens with zero attached hydrogens (tertiary/aromatic N) is 2. The van der Waals surface area contributed by atoms with Crippen molar-refractivity contribution in [1.29, 1.82) is 0 Å². The molecule has 0 aliphatic carbocycles. The van der Waals surface area contributed by atoms with E-state index in [2.05, 4.69) is 15.5 Å². The van der Waals surface area contributed by atoms with E-state index < -0.39 is 0 Å². The lowest BCUT2D eigenvalue weighted by Crippen LogP contribution is -2.19. The molecule has 1 N–H and O–H groups in total. The molecule has 1 amide bonds. The highest BCUT2D eigenvalue weighted by Gasteiger charge is 2.01. The number of benzene rings is 1. The van der Waals surface area contributed by atoms with Crippen LogP contribution in [0.25, 0.3) is 0 Å². The molecule has 0 atom stereocenters. The Balaban J connectivity index is 1.85. The first-order valence-corrected chi connectivity index (χ1v) is 6.08. The van der Waals surface area contributed by atoms with E-state index in [0.29, 0.717) is 5.02 Å². The molecule has 0 aliphatic rings. The smallest absolute Gasteiger partial charge is 0.244 e. The quantitative estimate of drug-likeness (QED) is 0.687. The molecule has 1 aromatic heterocycles. The van der Waals surface area contributed by atoms with Crippen LogP contribution >= 0.6 is 11.6 Å². The van der Waals surface area contributed by atoms with Gasteiger partial charge >= 0.3 is 0 Å². The van der Waals surface area contributed by atoms with Gasteiger partial charge in [-0.1, -0.05) is 29.8 Å². The Labute approximate surface area is 116 Å². The van der Waals surface area contributed by atoms with Gasteiger partial charge in [0, 0.05) is 17.4 Å². The summed E-state index contributed by atoms with van der Waals surface area (Å²) >= 11 is 5.77. The number of hydrogen-bond donors (Lipinski definition) is 1. The van der Waals surface area contributed by atoms with Gasteiger partial charge in [-0.25, -0.2) is 5.43 Å². The minimum absolute atomic E-state index is 0.182. The first-order valence-electron chi connectivity index (χ1n) is 5.70. The Morgan fingerprint density at radius 1 is 1.32 bits per heavy atom. The maximum Gasteiger partial charge on any atom is 0.244 e. The molecule has 0 fully saturated rings. The summed E-state index contributed by atoms with van der Waals surface area (Å²) < 4.78 is 0. The summed E-state index contributed by atoms with van der Waals surface area (Å²) in [4.78, 5) is 15.5. The molecule has 0 bridgehead atoms. The summed E-state index contributed by atoms with van der Waals surface area (Å²) in [5.41, 5.74) is 4.18. The zero-order chi connectivity index (χ0) is 13.5. The Kier molecular flexibility index (Phi) is 4.64. The summed E-state index contributed by atoms with van der Waals surface area (Å²) in [6.07, 6.45) is 5.14. The zero-order valence-corrected chi connectivity index (χ0v) is 10.8. The van der Waals surface area contributed by atoms with E-state index in [-0.39, 0.29) is 12.3 Å². The van der Waals surface area contributed by atoms with Crippen molar-refractivity contribution in [2.24, 2.45) is 5.10 Å². The third-order valence-corrected chi connectivity index (χ3v) is 2.61. The maximum absolute atomic E-state index is 11.6. The van der Waals surface area contributed by atoms with Crippen molar-refractivity contribution in [3.8, 4) is 0 Å². The summed E-state index contributed by atoms with van der Waals surface area (Å²) in [6.45, 7) is 0. The van der Waals surface area contributed by atoms with Gasteiger partial charge in [0.2, 0.25) is 5.91 Å². The molecule has 5 heteroatoms. The van der Waals surface area contributed by atoms with Gasteiger partial charge in [0.05, 0.1) is 12.6 Å². The molecular weight excluding hydrogens is 262 g/mol. The van der Waals surface area contributed by atoms with Crippen LogP contribution in [0.1, 0.15) is 11.1 Å². The minimum Gasteiger partial charge on any atom is -0.273 e. The van der Waals surface area contributed by atoms with Gasteiger partial charge in [-0.2, -0.15) is 5.10 Å². The minimum atomic E-state index is -0.182. The molecule has 2 aromatic rings. The Morgan fingerprint density at radius 3 is 2.79 bits per heavy atom. The van der Waals surface area contributed by atoms with E-state index in [0.717, 1.165) is 11.1 Å². The summed E-state index contributed by atoms with van der Waals surface area (Å²) in [5, 5.41) is 4.54. The second kappa shape index (κ2) is 6.66. The van der Waals surface area contributed by atoms with Crippen molar-refractivity contribution in [3.05, 3.63) is 64.9 Å². The number of aromatic nitrogens is 1. The molecule has 2 rings (SSSR count). The van der Waals surface area contributed by atoms with Gasteiger partial charge in [-0.05, 0) is 29.3 Å². The van der Waals surface area contributed by atoms with Gasteiger partial charge < -0.3 is 0 Å². The zero-order valence-electron chi connectivity index (χ0n) is 10.1. The lowest BCUT2D eigenvalue weighted by Gasteiger charge is -1.99. The molecule has 96 valence electrons. The third kappa shape index (κ3) is 4.52. The fraction of sp³-hybridized carbons (Fsp3) is 0.0714. The summed E-state index contributed by atoms with van der Waals surface area (Å²) in [7, 11) is 0. The lowest BCUT2D eigenvalue weighted by atomic mass is 10.2. The van der Waals surface area contributed by atoms with Gasteiger partial charge in [0.25, 0.3) is 0 Å². The van der Waals surface area contributed by atoms with Crippen LogP contribution in [0.15, 0.2) is 53.9 Å². The Bertz CT molecular complexity index is 567. The van der Waals surface area contributed by atoms with Crippen LogP contribution in [0, 0.1) is 0 Å². The molecular formula is C14H12ClN3O. The largest absolute Gasteiger partial charge is 0.273 e. The van der Waals surface area contributed by atoms with E-state index in [9.17, 15) is 4.79 Å². The second-order valence-corrected chi connectivity index (χ2v) is 4.32. The van der Waals surface area contributed by atoms with Crippen LogP contribution in [0.5, 0.6) is 0 Å². The molecule has 0 unspecified atom stereocenters. The number of rotatable bonds is 4. The number of hydrogen-bond acceptors (Lipinski definition) is 3. The van der Waals surface area contributed by atoms with E-state index in [1.165, 1.54) is 0 Å². The molecule has 0 saturated carbocycles. The van der Waals surface area contributed by atoms with Crippen molar-refractivity contribution >= 4 is 23.7 Å². The number of amides is 1. The van der Waals surface area contributed by atoms with E-state index in [4.69, 9.17) is 11.6 Å². The molecule has 1 heterocycles. The highest BCUT2D eigenvalue weighted by atomic mass is 35.5. The monoisotopic (exact) mass is 273 g/mol. The highest BCUT2D eigenvalue weighted by Crippen LogP contribution is 2.07. The summed E-state index contributed by atoms with van der Waals surface area (Å²) in [5.74, 6) is -0.182. The van der Waals surface area contributed by atoms with Crippen molar-refractivity contribution < 1.29 is 4.79 Å². The Hall–Kier alpha value is -2.20. The third-order valence-electron chi connectivity index (χ3n) is 2.36. The van der Waals surface area contributed by atoms with Crippen LogP contribution in [0.3, 0.4) is 0 Å². The molecule has 0 aliphatic heterocycles. The van der Waals surface area contributed by atoms with Crippen molar-refractivity contribution in [3.63, 3.8) is 0 Å². The van der Waals surface area contributed by atoms with E-state index in [1.807, 2.05) is 18.2 Å². The molecule has 19 heavy (non-hydrogen) atoms. The highest BCUT2D eigenvalue weighted by molar-refractivity contribution is 6.30. The van der Waals surface area contributed by atoms with E-state index >= 15 is 0 Å². The predicted molar refractivity (Wildman–Crippen MR) is 75.1 cm³/mol. The van der Waals surface area contributed by atoms with Gasteiger partial charge in [0.1, 0.15) is 0 Å². The average Bonchev–Trinajstić information content (AvgIpc) is 2.42. The predicted octanol–water partition coefficient (Wildman–Crippen LogP) is 2.43. The van der Waals surface area contributed by atoms with Gasteiger partial charge in [-0.15, -0.1) is 0 Å². The fourth-order valence-electron chi connectivity index (χ4n) is 1.46. The molecule has 0 saturated heterocycles. The van der Waals surface area contributed by atoms with Crippen LogP contribution in [0.2, 0.25) is 5.02 Å². The standard InChI is InChI=1S/C14H12ClN3O/c15-13-5-3-11(4-6-13)10-17-18-14(19)8-12-2-1-7-16-9-12/h1-7,9-10H,8H2,(H,18,19)/b17-10+. The van der Waals surface area contributed by atoms with Gasteiger partial charge in [0.15, 0.2) is 0 Å². The average molecular weight is 274 g/mol. The molecule has 0 radical (unpaired) electrons. The number of hydrazone groups is 1. The van der Waals surface area contributed by atoms with Gasteiger partial charge in [-0.3, -0.25) is 9.78 Å². The number of nitrogens with one attached hydrogen (secondary N) is 1. The molecule has 0 spiro atoms. The van der Waals surface area contributed by atoms with Crippen LogP contribution < -0.4 is 5.43 Å². The first kappa shape index (κ1) is 13.2. The fourth-order valence-corrected chi connectivity index (χ4v) is 1.58. The second-order valence-electron chi connectivity index (χ2n) is 3.88. The number of carbonyl (C=O) groups is 1. The van der Waals surface area contributed by atoms with Crippen molar-refractivity contribution in [1.82, 2.24) is 10.4 Å². The molecule has 1 aromatic carbocycles. The van der Waals surface area contributed by atoms with Crippen molar-refractivity contribution in [2.45, 2.75) is 6.42 Å². The van der Waals surface area contributed by atoms with Crippen molar-refractivity contribution in [2.75, 3.05) is 0 Å². The number of carbonyl (C=O) groups excluding carboxylic acids is 1. The maximum atomic E-state index is 11.6. The van der Waals surface area contributed by atoms with E-state index in [1.54, 1.807) is 36.8 Å². The van der Waals surface area contributed by atoms with Crippen LogP contribution in [0.4, 0.5) is 0 Å². The summed E-state index contributed by atoms with van der Waals surface area (Å²) in [6, 6.07) is 10.8. The van der Waals surface area contributed by atoms with Crippen LogP contribution in [-0.4, -0.2) is 17.1 Å². The molecule has 4 nitrogen and oxygen atoms in total. The van der Waals surface area contributed by atoms with Crippen LogP contribution in [-0.2, 0) is 11.2 Å².